The van der Waals surface area contributed by atoms with Gasteiger partial charge in [-0.1, -0.05) is 39.3 Å². The summed E-state index contributed by atoms with van der Waals surface area (Å²) in [4.78, 5) is 2.46. The van der Waals surface area contributed by atoms with E-state index in [-0.39, 0.29) is 0 Å². The highest BCUT2D eigenvalue weighted by atomic mass is 16.5. The van der Waals surface area contributed by atoms with E-state index >= 15 is 0 Å². The van der Waals surface area contributed by atoms with Gasteiger partial charge in [-0.25, -0.2) is 0 Å². The lowest BCUT2D eigenvalue weighted by Crippen LogP contribution is -2.32. The molecule has 3 heteroatoms. The lowest BCUT2D eigenvalue weighted by atomic mass is 10.1. The van der Waals surface area contributed by atoms with Crippen molar-refractivity contribution in [3.63, 3.8) is 0 Å². The number of benzene rings is 1. The van der Waals surface area contributed by atoms with E-state index in [1.165, 1.54) is 12.0 Å². The fourth-order valence-electron chi connectivity index (χ4n) is 2.15. The molecule has 1 aromatic rings. The average molecular weight is 278 g/mol. The fourth-order valence-corrected chi connectivity index (χ4v) is 2.15. The Morgan fingerprint density at radius 1 is 1.20 bits per heavy atom. The number of hydrogen-bond donors (Lipinski definition) is 1. The molecule has 1 unspecified atom stereocenters. The van der Waals surface area contributed by atoms with E-state index < -0.39 is 0 Å². The summed E-state index contributed by atoms with van der Waals surface area (Å²) in [5.41, 5.74) is 1.28. The third kappa shape index (κ3) is 6.40. The lowest BCUT2D eigenvalue weighted by Gasteiger charge is -2.23. The van der Waals surface area contributed by atoms with Crippen LogP contribution in [0.15, 0.2) is 24.3 Å². The summed E-state index contributed by atoms with van der Waals surface area (Å²) in [5.74, 6) is 1.72. The van der Waals surface area contributed by atoms with Crippen molar-refractivity contribution in [3.05, 3.63) is 29.8 Å². The van der Waals surface area contributed by atoms with E-state index in [9.17, 15) is 0 Å². The maximum Gasteiger partial charge on any atom is 0.119 e. The Kier molecular flexibility index (Phi) is 8.31. The number of likely N-dealkylation sites (N-methyl/N-ethyl adjacent to an activating group) is 1. The quantitative estimate of drug-likeness (QED) is 0.711. The van der Waals surface area contributed by atoms with Crippen molar-refractivity contribution >= 4 is 0 Å². The summed E-state index contributed by atoms with van der Waals surface area (Å²) in [6.07, 6.45) is 1.24. The fraction of sp³-hybridized carbons (Fsp3) is 0.647. The summed E-state index contributed by atoms with van der Waals surface area (Å²) in [7, 11) is 1.96. The molecule has 0 heterocycles. The highest BCUT2D eigenvalue weighted by Crippen LogP contribution is 2.12. The van der Waals surface area contributed by atoms with Crippen LogP contribution in [0, 0.1) is 5.92 Å². The number of hydrogen-bond acceptors (Lipinski definition) is 3. The summed E-state index contributed by atoms with van der Waals surface area (Å²) in [6.45, 7) is 11.7. The molecule has 1 N–H and O–H groups in total. The van der Waals surface area contributed by atoms with E-state index in [0.29, 0.717) is 0 Å². The van der Waals surface area contributed by atoms with Gasteiger partial charge >= 0.3 is 0 Å². The van der Waals surface area contributed by atoms with Crippen molar-refractivity contribution in [2.75, 3.05) is 33.3 Å². The molecule has 3 nitrogen and oxygen atoms in total. The van der Waals surface area contributed by atoms with Crippen LogP contribution in [0.2, 0.25) is 0 Å². The van der Waals surface area contributed by atoms with Gasteiger partial charge in [0.15, 0.2) is 0 Å². The van der Waals surface area contributed by atoms with Crippen molar-refractivity contribution in [2.24, 2.45) is 5.92 Å². The minimum absolute atomic E-state index is 0.760. The third-order valence-electron chi connectivity index (χ3n) is 3.69. The van der Waals surface area contributed by atoms with Crippen molar-refractivity contribution < 1.29 is 4.74 Å². The van der Waals surface area contributed by atoms with Crippen LogP contribution in [0.25, 0.3) is 0 Å². The first-order chi connectivity index (χ1) is 9.69. The first-order valence-electron chi connectivity index (χ1n) is 7.78. The highest BCUT2D eigenvalue weighted by Gasteiger charge is 2.07. The Labute approximate surface area is 124 Å². The molecule has 0 saturated heterocycles. The molecule has 0 aliphatic heterocycles. The van der Waals surface area contributed by atoms with Gasteiger partial charge in [-0.05, 0) is 37.2 Å². The molecule has 0 bridgehead atoms. The maximum absolute atomic E-state index is 5.82. The van der Waals surface area contributed by atoms with E-state index in [1.54, 1.807) is 0 Å². The Morgan fingerprint density at radius 2 is 1.90 bits per heavy atom. The molecule has 0 aromatic heterocycles. The largest absolute Gasteiger partial charge is 0.492 e. The van der Waals surface area contributed by atoms with Crippen LogP contribution in [0.4, 0.5) is 0 Å². The maximum atomic E-state index is 5.82. The molecule has 0 spiro atoms. The molecule has 1 aromatic carbocycles. The number of rotatable bonds is 10. The summed E-state index contributed by atoms with van der Waals surface area (Å²) >= 11 is 0. The van der Waals surface area contributed by atoms with Crippen molar-refractivity contribution in [3.8, 4) is 5.75 Å². The Bertz CT molecular complexity index is 351. The number of nitrogens with one attached hydrogen (secondary N) is 1. The number of nitrogens with zero attached hydrogens (tertiary/aromatic N) is 1. The topological polar surface area (TPSA) is 24.5 Å². The molecule has 0 fully saturated rings. The first-order valence-corrected chi connectivity index (χ1v) is 7.78. The van der Waals surface area contributed by atoms with Crippen LogP contribution >= 0.6 is 0 Å². The Hall–Kier alpha value is -1.06. The van der Waals surface area contributed by atoms with Gasteiger partial charge in [0, 0.05) is 19.6 Å². The lowest BCUT2D eigenvalue weighted by molar-refractivity contribution is 0.194. The van der Waals surface area contributed by atoms with Crippen LogP contribution in [-0.4, -0.2) is 38.2 Å². The zero-order valence-electron chi connectivity index (χ0n) is 13.5. The SMILES string of the molecule is CCC(C)CN(CC)CCOc1ccc(CNC)cc1. The van der Waals surface area contributed by atoms with Gasteiger partial charge in [0.1, 0.15) is 12.4 Å². The summed E-state index contributed by atoms with van der Waals surface area (Å²) in [5, 5.41) is 3.15. The molecule has 20 heavy (non-hydrogen) atoms. The average Bonchev–Trinajstić information content (AvgIpc) is 2.48. The van der Waals surface area contributed by atoms with Crippen LogP contribution < -0.4 is 10.1 Å². The van der Waals surface area contributed by atoms with Crippen LogP contribution in [0.3, 0.4) is 0 Å². The van der Waals surface area contributed by atoms with Gasteiger partial charge in [0.25, 0.3) is 0 Å². The van der Waals surface area contributed by atoms with Crippen molar-refractivity contribution in [2.45, 2.75) is 33.7 Å². The molecular formula is C17H30N2O. The normalized spacial score (nSPS) is 12.7. The highest BCUT2D eigenvalue weighted by molar-refractivity contribution is 5.27. The first kappa shape index (κ1) is 17.0. The van der Waals surface area contributed by atoms with E-state index in [2.05, 4.69) is 55.3 Å². The van der Waals surface area contributed by atoms with Gasteiger partial charge < -0.3 is 10.1 Å². The van der Waals surface area contributed by atoms with Gasteiger partial charge in [-0.2, -0.15) is 0 Å². The predicted octanol–water partition coefficient (Wildman–Crippen LogP) is 3.15. The Balaban J connectivity index is 2.31. The van der Waals surface area contributed by atoms with Crippen LogP contribution in [0.1, 0.15) is 32.8 Å². The van der Waals surface area contributed by atoms with Gasteiger partial charge in [-0.15, -0.1) is 0 Å². The zero-order chi connectivity index (χ0) is 14.8. The van der Waals surface area contributed by atoms with Gasteiger partial charge in [-0.3, -0.25) is 4.90 Å². The summed E-state index contributed by atoms with van der Waals surface area (Å²) in [6, 6.07) is 8.33. The molecular weight excluding hydrogens is 248 g/mol. The Morgan fingerprint density at radius 3 is 2.45 bits per heavy atom. The molecule has 0 saturated carbocycles. The van der Waals surface area contributed by atoms with Gasteiger partial charge in [0.2, 0.25) is 0 Å². The summed E-state index contributed by atoms with van der Waals surface area (Å²) < 4.78 is 5.82. The monoisotopic (exact) mass is 278 g/mol. The smallest absolute Gasteiger partial charge is 0.119 e. The minimum atomic E-state index is 0.760. The van der Waals surface area contributed by atoms with E-state index in [1.807, 2.05) is 7.05 Å². The second kappa shape index (κ2) is 9.78. The van der Waals surface area contributed by atoms with Crippen LogP contribution in [0.5, 0.6) is 5.75 Å². The third-order valence-corrected chi connectivity index (χ3v) is 3.69. The van der Waals surface area contributed by atoms with E-state index in [0.717, 1.165) is 44.5 Å². The standard InChI is InChI=1S/C17H30N2O/c1-5-15(3)14-19(6-2)11-12-20-17-9-7-16(8-10-17)13-18-4/h7-10,15,18H,5-6,11-14H2,1-4H3. The molecule has 0 aliphatic carbocycles. The number of ether oxygens (including phenoxy) is 1. The molecule has 0 radical (unpaired) electrons. The second-order valence-electron chi connectivity index (χ2n) is 5.43. The molecule has 1 rings (SSSR count). The molecule has 114 valence electrons. The van der Waals surface area contributed by atoms with Crippen molar-refractivity contribution in [1.82, 2.24) is 10.2 Å². The molecule has 0 amide bonds. The van der Waals surface area contributed by atoms with Crippen molar-refractivity contribution in [1.29, 1.82) is 0 Å². The molecule has 0 aliphatic rings. The van der Waals surface area contributed by atoms with Crippen LogP contribution in [-0.2, 0) is 6.54 Å². The van der Waals surface area contributed by atoms with E-state index in [4.69, 9.17) is 4.74 Å². The second-order valence-corrected chi connectivity index (χ2v) is 5.43. The van der Waals surface area contributed by atoms with Gasteiger partial charge in [0.05, 0.1) is 0 Å². The molecule has 1 atom stereocenters. The zero-order valence-corrected chi connectivity index (χ0v) is 13.5. The minimum Gasteiger partial charge on any atom is -0.492 e. The predicted molar refractivity (Wildman–Crippen MR) is 86.3 cm³/mol.